The summed E-state index contributed by atoms with van der Waals surface area (Å²) >= 11 is 0. The number of aromatic nitrogens is 1. The van der Waals surface area contributed by atoms with Crippen molar-refractivity contribution in [3.63, 3.8) is 0 Å². The number of hydrogen-bond donors (Lipinski definition) is 1. The van der Waals surface area contributed by atoms with Crippen molar-refractivity contribution in [3.8, 4) is 0 Å². The van der Waals surface area contributed by atoms with Crippen molar-refractivity contribution in [3.05, 3.63) is 65.4 Å². The number of rotatable bonds is 3. The number of benzene rings is 2. The summed E-state index contributed by atoms with van der Waals surface area (Å²) in [7, 11) is 0. The third kappa shape index (κ3) is 2.94. The topological polar surface area (TPSA) is 54.5 Å². The van der Waals surface area contributed by atoms with Gasteiger partial charge in [-0.25, -0.2) is 4.98 Å². The van der Waals surface area contributed by atoms with Crippen LogP contribution in [0.4, 0.5) is 11.5 Å². The van der Waals surface area contributed by atoms with E-state index in [-0.39, 0.29) is 5.91 Å². The standard InChI is InChI=1S/C22H21N3O2/c26-22(19-8-6-16-5-4-15-2-1-3-18(19)21(15)16)24-20-9-7-17(14-23-20)25-10-12-27-13-11-25/h1-3,6-9,14H,4-5,10-13H2,(H,23,24,26). The van der Waals surface area contributed by atoms with Crippen LogP contribution in [0.15, 0.2) is 48.7 Å². The lowest BCUT2D eigenvalue weighted by molar-refractivity contribution is 0.102. The summed E-state index contributed by atoms with van der Waals surface area (Å²) in [4.78, 5) is 19.6. The average molecular weight is 359 g/mol. The molecule has 2 aromatic carbocycles. The molecule has 0 unspecified atom stereocenters. The van der Waals surface area contributed by atoms with E-state index in [1.807, 2.05) is 36.5 Å². The Labute approximate surface area is 158 Å². The van der Waals surface area contributed by atoms with Crippen LogP contribution in [0.1, 0.15) is 21.5 Å². The third-order valence-corrected chi connectivity index (χ3v) is 5.49. The van der Waals surface area contributed by atoms with Gasteiger partial charge in [-0.1, -0.05) is 24.3 Å². The Morgan fingerprint density at radius 2 is 1.81 bits per heavy atom. The van der Waals surface area contributed by atoms with E-state index in [1.54, 1.807) is 0 Å². The molecule has 0 radical (unpaired) electrons. The highest BCUT2D eigenvalue weighted by molar-refractivity contribution is 6.14. The first-order chi connectivity index (χ1) is 13.3. The molecule has 1 aliphatic heterocycles. The summed E-state index contributed by atoms with van der Waals surface area (Å²) in [5.41, 5.74) is 4.44. The second kappa shape index (κ2) is 6.67. The van der Waals surface area contributed by atoms with Gasteiger partial charge in [0.15, 0.2) is 0 Å². The lowest BCUT2D eigenvalue weighted by Gasteiger charge is -2.28. The van der Waals surface area contributed by atoms with Gasteiger partial charge < -0.3 is 15.0 Å². The van der Waals surface area contributed by atoms with Crippen LogP contribution >= 0.6 is 0 Å². The van der Waals surface area contributed by atoms with Crippen LogP contribution in [-0.2, 0) is 17.6 Å². The molecule has 2 heterocycles. The number of pyridine rings is 1. The lowest BCUT2D eigenvalue weighted by Crippen LogP contribution is -2.36. The van der Waals surface area contributed by atoms with Gasteiger partial charge in [-0.2, -0.15) is 0 Å². The van der Waals surface area contributed by atoms with Crippen molar-refractivity contribution < 1.29 is 9.53 Å². The van der Waals surface area contributed by atoms with E-state index in [9.17, 15) is 4.79 Å². The smallest absolute Gasteiger partial charge is 0.257 e. The fourth-order valence-electron chi connectivity index (χ4n) is 4.10. The monoisotopic (exact) mass is 359 g/mol. The van der Waals surface area contributed by atoms with Crippen molar-refractivity contribution in [2.75, 3.05) is 36.5 Å². The zero-order valence-electron chi connectivity index (χ0n) is 15.1. The van der Waals surface area contributed by atoms with Crippen LogP contribution in [0, 0.1) is 0 Å². The van der Waals surface area contributed by atoms with Gasteiger partial charge in [-0.05, 0) is 52.9 Å². The Morgan fingerprint density at radius 3 is 2.59 bits per heavy atom. The molecule has 136 valence electrons. The Bertz CT molecular complexity index is 998. The molecule has 1 amide bonds. The Hall–Kier alpha value is -2.92. The summed E-state index contributed by atoms with van der Waals surface area (Å²) < 4.78 is 5.38. The van der Waals surface area contributed by atoms with Gasteiger partial charge in [0.05, 0.1) is 25.1 Å². The van der Waals surface area contributed by atoms with Crippen LogP contribution in [0.3, 0.4) is 0 Å². The summed E-state index contributed by atoms with van der Waals surface area (Å²) in [5, 5.41) is 5.23. The molecule has 1 aliphatic carbocycles. The average Bonchev–Trinajstić information content (AvgIpc) is 3.14. The van der Waals surface area contributed by atoms with E-state index in [4.69, 9.17) is 4.74 Å². The maximum Gasteiger partial charge on any atom is 0.257 e. The minimum atomic E-state index is -0.114. The molecule has 3 aromatic rings. The Balaban J connectivity index is 1.39. The number of aryl methyl sites for hydroxylation is 2. The molecule has 1 N–H and O–H groups in total. The largest absolute Gasteiger partial charge is 0.378 e. The molecule has 5 heteroatoms. The molecule has 0 bridgehead atoms. The number of amides is 1. The summed E-state index contributed by atoms with van der Waals surface area (Å²) in [6.45, 7) is 3.22. The molecule has 0 spiro atoms. The molecule has 1 fully saturated rings. The van der Waals surface area contributed by atoms with Gasteiger partial charge in [0, 0.05) is 18.7 Å². The fourth-order valence-corrected chi connectivity index (χ4v) is 4.10. The van der Waals surface area contributed by atoms with E-state index < -0.39 is 0 Å². The second-order valence-corrected chi connectivity index (χ2v) is 7.07. The number of nitrogens with zero attached hydrogens (tertiary/aromatic N) is 2. The summed E-state index contributed by atoms with van der Waals surface area (Å²) in [6.07, 6.45) is 3.93. The lowest BCUT2D eigenvalue weighted by atomic mass is 9.99. The number of carbonyl (C=O) groups is 1. The van der Waals surface area contributed by atoms with Gasteiger partial charge in [0.1, 0.15) is 5.82 Å². The predicted octanol–water partition coefficient (Wildman–Crippen LogP) is 3.42. The maximum atomic E-state index is 12.9. The highest BCUT2D eigenvalue weighted by Crippen LogP contribution is 2.33. The zero-order chi connectivity index (χ0) is 18.2. The van der Waals surface area contributed by atoms with Crippen molar-refractivity contribution in [1.29, 1.82) is 0 Å². The number of ether oxygens (including phenoxy) is 1. The SMILES string of the molecule is O=C(Nc1ccc(N2CCOCC2)cn1)c1ccc2c3c(cccc13)CC2. The van der Waals surface area contributed by atoms with Crippen molar-refractivity contribution in [1.82, 2.24) is 4.98 Å². The van der Waals surface area contributed by atoms with Gasteiger partial charge in [0.25, 0.3) is 5.91 Å². The summed E-state index contributed by atoms with van der Waals surface area (Å²) in [5.74, 6) is 0.456. The van der Waals surface area contributed by atoms with Crippen molar-refractivity contribution >= 4 is 28.2 Å². The molecule has 0 atom stereocenters. The van der Waals surface area contributed by atoms with E-state index >= 15 is 0 Å². The molecule has 5 nitrogen and oxygen atoms in total. The molecule has 0 saturated carbocycles. The Kier molecular flexibility index (Phi) is 4.02. The molecule has 2 aliphatic rings. The minimum Gasteiger partial charge on any atom is -0.378 e. The highest BCUT2D eigenvalue weighted by Gasteiger charge is 2.19. The van der Waals surface area contributed by atoms with Crippen molar-refractivity contribution in [2.45, 2.75) is 12.8 Å². The maximum absolute atomic E-state index is 12.9. The fraction of sp³-hybridized carbons (Fsp3) is 0.273. The number of morpholine rings is 1. The molecular formula is C22H21N3O2. The normalized spacial score (nSPS) is 15.9. The first kappa shape index (κ1) is 16.3. The van der Waals surface area contributed by atoms with Crippen molar-refractivity contribution in [2.24, 2.45) is 0 Å². The van der Waals surface area contributed by atoms with E-state index in [0.29, 0.717) is 11.4 Å². The third-order valence-electron chi connectivity index (χ3n) is 5.49. The number of hydrogen-bond acceptors (Lipinski definition) is 4. The van der Waals surface area contributed by atoms with Crippen LogP contribution in [0.25, 0.3) is 10.8 Å². The van der Waals surface area contributed by atoms with Gasteiger partial charge >= 0.3 is 0 Å². The number of nitrogens with one attached hydrogen (secondary N) is 1. The first-order valence-corrected chi connectivity index (χ1v) is 9.43. The van der Waals surface area contributed by atoms with Crippen LogP contribution in [0.2, 0.25) is 0 Å². The van der Waals surface area contributed by atoms with Crippen LogP contribution in [-0.4, -0.2) is 37.2 Å². The van der Waals surface area contributed by atoms with Gasteiger partial charge in [-0.3, -0.25) is 4.79 Å². The predicted molar refractivity (Wildman–Crippen MR) is 107 cm³/mol. The van der Waals surface area contributed by atoms with E-state index in [0.717, 1.165) is 50.2 Å². The summed E-state index contributed by atoms with van der Waals surface area (Å²) in [6, 6.07) is 14.1. The van der Waals surface area contributed by atoms with E-state index in [2.05, 4.69) is 27.3 Å². The molecule has 1 aromatic heterocycles. The molecule has 27 heavy (non-hydrogen) atoms. The van der Waals surface area contributed by atoms with Gasteiger partial charge in [0.2, 0.25) is 0 Å². The van der Waals surface area contributed by atoms with Gasteiger partial charge in [-0.15, -0.1) is 0 Å². The first-order valence-electron chi connectivity index (χ1n) is 9.43. The van der Waals surface area contributed by atoms with E-state index in [1.165, 1.54) is 16.5 Å². The molecular weight excluding hydrogens is 338 g/mol. The zero-order valence-corrected chi connectivity index (χ0v) is 15.1. The number of anilines is 2. The quantitative estimate of drug-likeness (QED) is 0.779. The second-order valence-electron chi connectivity index (χ2n) is 7.07. The highest BCUT2D eigenvalue weighted by atomic mass is 16.5. The minimum absolute atomic E-state index is 0.114. The van der Waals surface area contributed by atoms with Crippen LogP contribution in [0.5, 0.6) is 0 Å². The number of carbonyl (C=O) groups excluding carboxylic acids is 1. The van der Waals surface area contributed by atoms with Crippen LogP contribution < -0.4 is 10.2 Å². The Morgan fingerprint density at radius 1 is 1.00 bits per heavy atom. The molecule has 5 rings (SSSR count). The molecule has 1 saturated heterocycles.